The number of carbonyl (C=O) groups is 3. The largest absolute Gasteiger partial charge is 0.542 e. The van der Waals surface area contributed by atoms with Crippen LogP contribution < -0.4 is 15.7 Å². The number of thiophene rings is 1. The molecule has 0 aliphatic carbocycles. The van der Waals surface area contributed by atoms with Crippen LogP contribution in [0, 0.1) is 0 Å². The number of hydrogen-bond donors (Lipinski definition) is 2. The molecule has 33 heavy (non-hydrogen) atoms. The molecule has 2 heterocycles. The molecule has 14 heteroatoms. The van der Waals surface area contributed by atoms with Gasteiger partial charge in [0, 0.05) is 12.1 Å². The molecule has 1 aliphatic heterocycles. The predicted octanol–water partition coefficient (Wildman–Crippen LogP) is 1.63. The number of alkyl halides is 6. The summed E-state index contributed by atoms with van der Waals surface area (Å²) in [5.74, 6) is -5.48. The number of carboxylic acids is 1. The molecule has 3 rings (SSSR count). The second kappa shape index (κ2) is 10.4. The highest BCUT2D eigenvalue weighted by Gasteiger charge is 2.40. The summed E-state index contributed by atoms with van der Waals surface area (Å²) in [4.78, 5) is 35.7. The average molecular weight is 493 g/mol. The number of carboxylic acid groups (broad SMARTS) is 1. The van der Waals surface area contributed by atoms with Crippen LogP contribution in [-0.4, -0.2) is 36.4 Å². The summed E-state index contributed by atoms with van der Waals surface area (Å²) in [5.41, 5.74) is 2.62. The molecule has 0 spiro atoms. The van der Waals surface area contributed by atoms with Crippen molar-refractivity contribution in [3.8, 4) is 0 Å². The van der Waals surface area contributed by atoms with Gasteiger partial charge in [-0.25, -0.2) is 0 Å². The van der Waals surface area contributed by atoms with Gasteiger partial charge >= 0.3 is 12.4 Å². The molecule has 0 unspecified atom stereocenters. The Morgan fingerprint density at radius 3 is 2.00 bits per heavy atom. The maximum absolute atomic E-state index is 12.4. The van der Waals surface area contributed by atoms with E-state index in [1.54, 1.807) is 6.34 Å². The molecule has 2 aromatic rings. The maximum Gasteiger partial charge on any atom is 0.455 e. The Hall–Kier alpha value is -3.52. The summed E-state index contributed by atoms with van der Waals surface area (Å²) in [6.45, 7) is 0.216. The standard InChI is InChI=1S/C17H12F3N3O2S.C2HF3O2/c18-17(19,20)15(24)13-5-6-14(26-13)16(25)22-7-10-1-3-11(4-2-10)12-8-21-9-23-12;3-2(4,5)1(6)7/h1-6,8-9H,7H2,(H,21,23)(H,22,25);(H,6,7). The number of nitrogens with two attached hydrogens (primary N) is 1. The molecule has 0 saturated heterocycles. The molecule has 7 nitrogen and oxygen atoms in total. The minimum absolute atomic E-state index is 0.0511. The lowest BCUT2D eigenvalue weighted by atomic mass is 10.1. The van der Waals surface area contributed by atoms with Crippen molar-refractivity contribution < 1.29 is 51.1 Å². The van der Waals surface area contributed by atoms with Gasteiger partial charge in [0.2, 0.25) is 0 Å². The number of ketones is 1. The van der Waals surface area contributed by atoms with Gasteiger partial charge < -0.3 is 15.2 Å². The topological polar surface area (TPSA) is 115 Å². The van der Waals surface area contributed by atoms with E-state index < -0.39 is 34.9 Å². The van der Waals surface area contributed by atoms with Crippen molar-refractivity contribution in [2.24, 2.45) is 4.99 Å². The first kappa shape index (κ1) is 25.7. The van der Waals surface area contributed by atoms with E-state index in [9.17, 15) is 35.9 Å². The van der Waals surface area contributed by atoms with Gasteiger partial charge in [0.05, 0.1) is 9.75 Å². The zero-order chi connectivity index (χ0) is 24.8. The van der Waals surface area contributed by atoms with E-state index in [-0.39, 0.29) is 11.4 Å². The van der Waals surface area contributed by atoms with E-state index in [0.717, 1.165) is 22.9 Å². The third-order valence-electron chi connectivity index (χ3n) is 3.80. The minimum Gasteiger partial charge on any atom is -0.542 e. The van der Waals surface area contributed by atoms with Gasteiger partial charge in [-0.05, 0) is 17.7 Å². The zero-order valence-electron chi connectivity index (χ0n) is 16.2. The number of aliphatic imine (C=N–C) groups is 1. The molecule has 1 amide bonds. The molecule has 176 valence electrons. The van der Waals surface area contributed by atoms with Gasteiger partial charge in [-0.1, -0.05) is 24.3 Å². The van der Waals surface area contributed by atoms with E-state index in [4.69, 9.17) is 9.90 Å². The lowest BCUT2D eigenvalue weighted by molar-refractivity contribution is -0.446. The Balaban J connectivity index is 0.000000479. The highest BCUT2D eigenvalue weighted by Crippen LogP contribution is 2.26. The first-order chi connectivity index (χ1) is 15.3. The number of Topliss-reactive ketones (excluding diaryl/α,β-unsaturated/α-hetero) is 1. The van der Waals surface area contributed by atoms with E-state index in [2.05, 4.69) is 10.3 Å². The number of quaternary nitrogens is 1. The molecule has 3 N–H and O–H groups in total. The van der Waals surface area contributed by atoms with Crippen LogP contribution in [0.4, 0.5) is 26.3 Å². The van der Waals surface area contributed by atoms with Crippen molar-refractivity contribution in [1.82, 2.24) is 5.32 Å². The van der Waals surface area contributed by atoms with Crippen molar-refractivity contribution >= 4 is 41.0 Å². The molecule has 0 saturated carbocycles. The number of benzene rings is 1. The van der Waals surface area contributed by atoms with E-state index in [1.807, 2.05) is 35.8 Å². The molecule has 0 radical (unpaired) electrons. The van der Waals surface area contributed by atoms with E-state index in [0.29, 0.717) is 11.3 Å². The van der Waals surface area contributed by atoms with Crippen LogP contribution in [0.2, 0.25) is 0 Å². The number of nitrogens with zero attached hydrogens (tertiary/aromatic N) is 1. The number of nitrogens with one attached hydrogen (secondary N) is 1. The van der Waals surface area contributed by atoms with Crippen LogP contribution in [0.15, 0.2) is 47.6 Å². The monoisotopic (exact) mass is 493 g/mol. The lowest BCUT2D eigenvalue weighted by Gasteiger charge is -2.05. The van der Waals surface area contributed by atoms with Crippen LogP contribution in [-0.2, 0) is 11.3 Å². The van der Waals surface area contributed by atoms with Gasteiger partial charge in [0.1, 0.15) is 17.9 Å². The second-order valence-corrected chi connectivity index (χ2v) is 7.26. The summed E-state index contributed by atoms with van der Waals surface area (Å²) in [6, 6.07) is 9.62. The summed E-state index contributed by atoms with van der Waals surface area (Å²) in [7, 11) is 0. The van der Waals surface area contributed by atoms with Crippen molar-refractivity contribution in [1.29, 1.82) is 0 Å². The minimum atomic E-state index is -5.19. The highest BCUT2D eigenvalue weighted by molar-refractivity contribution is 7.16. The van der Waals surface area contributed by atoms with Crippen LogP contribution >= 0.6 is 11.3 Å². The molecule has 1 aromatic carbocycles. The third-order valence-corrected chi connectivity index (χ3v) is 4.88. The normalized spacial score (nSPS) is 13.1. The van der Waals surface area contributed by atoms with Crippen LogP contribution in [0.1, 0.15) is 30.5 Å². The van der Waals surface area contributed by atoms with Crippen molar-refractivity contribution in [3.05, 3.63) is 63.5 Å². The first-order valence-electron chi connectivity index (χ1n) is 8.73. The third kappa shape index (κ3) is 7.54. The number of hydrogen-bond acceptors (Lipinski definition) is 6. The van der Waals surface area contributed by atoms with Gasteiger partial charge in [-0.3, -0.25) is 14.9 Å². The number of halogens is 6. The molecular formula is C19H13F6N3O4S. The number of rotatable bonds is 5. The maximum atomic E-state index is 12.4. The van der Waals surface area contributed by atoms with Crippen molar-refractivity contribution in [3.63, 3.8) is 0 Å². The molecule has 0 fully saturated rings. The molecular weight excluding hydrogens is 480 g/mol. The Morgan fingerprint density at radius 1 is 0.939 bits per heavy atom. The zero-order valence-corrected chi connectivity index (χ0v) is 17.0. The molecule has 1 aliphatic rings. The summed E-state index contributed by atoms with van der Waals surface area (Å²) < 4.78 is 68.8. The molecule has 1 aromatic heterocycles. The second-order valence-electron chi connectivity index (χ2n) is 6.18. The number of amides is 1. The van der Waals surface area contributed by atoms with Gasteiger partial charge in [-0.2, -0.15) is 31.3 Å². The van der Waals surface area contributed by atoms with E-state index in [1.165, 1.54) is 6.07 Å². The SMILES string of the molecule is O=C(NCc1ccc(C2=C[NH2+]C=N2)cc1)c1ccc(C(=O)C(F)(F)F)s1.O=C([O-])C(F)(F)F. The first-order valence-corrected chi connectivity index (χ1v) is 9.55. The predicted molar refractivity (Wildman–Crippen MR) is 102 cm³/mol. The van der Waals surface area contributed by atoms with Crippen molar-refractivity contribution in [2.45, 2.75) is 18.9 Å². The van der Waals surface area contributed by atoms with Crippen LogP contribution in [0.3, 0.4) is 0 Å². The Labute approximate surface area is 185 Å². The van der Waals surface area contributed by atoms with Crippen LogP contribution in [0.5, 0.6) is 0 Å². The van der Waals surface area contributed by atoms with Gasteiger partial charge in [0.25, 0.3) is 11.7 Å². The fraction of sp³-hybridized carbons (Fsp3) is 0.158. The fourth-order valence-electron chi connectivity index (χ4n) is 2.26. The molecule has 0 bridgehead atoms. The smallest absolute Gasteiger partial charge is 0.455 e. The number of carbonyl (C=O) groups excluding carboxylic acids is 3. The van der Waals surface area contributed by atoms with Gasteiger partial charge in [0.15, 0.2) is 6.34 Å². The average Bonchev–Trinajstić information content (AvgIpc) is 3.43. The molecule has 0 atom stereocenters. The summed E-state index contributed by atoms with van der Waals surface area (Å²) >= 11 is 0.522. The Morgan fingerprint density at radius 2 is 1.52 bits per heavy atom. The summed E-state index contributed by atoms with van der Waals surface area (Å²) in [5, 5.41) is 13.2. The summed E-state index contributed by atoms with van der Waals surface area (Å²) in [6.07, 6.45) is -6.56. The fourth-order valence-corrected chi connectivity index (χ4v) is 3.14. The highest BCUT2D eigenvalue weighted by atomic mass is 32.1. The van der Waals surface area contributed by atoms with Gasteiger partial charge in [-0.15, -0.1) is 11.3 Å². The Kier molecular flexibility index (Phi) is 8.11. The quantitative estimate of drug-likeness (QED) is 0.487. The Bertz CT molecular complexity index is 1090. The number of aliphatic carboxylic acids is 1. The lowest BCUT2D eigenvalue weighted by Crippen LogP contribution is -2.74. The van der Waals surface area contributed by atoms with Crippen LogP contribution in [0.25, 0.3) is 5.70 Å². The van der Waals surface area contributed by atoms with Crippen molar-refractivity contribution in [2.75, 3.05) is 0 Å². The van der Waals surface area contributed by atoms with E-state index >= 15 is 0 Å².